The van der Waals surface area contributed by atoms with Crippen LogP contribution in [0.3, 0.4) is 0 Å². The van der Waals surface area contributed by atoms with E-state index in [0.717, 1.165) is 5.52 Å². The summed E-state index contributed by atoms with van der Waals surface area (Å²) in [6.45, 7) is 8.73. The zero-order valence-corrected chi connectivity index (χ0v) is 18.8. The Hall–Kier alpha value is -2.48. The normalized spacial score (nSPS) is 11.3. The molecule has 1 radical (unpaired) electrons. The molecular formula is C25H21IrN2-. The molecule has 5 aromatic rings. The number of aryl methyl sites for hydroxylation is 4. The molecule has 0 aliphatic carbocycles. The Morgan fingerprint density at radius 2 is 1.57 bits per heavy atom. The van der Waals surface area contributed by atoms with E-state index in [2.05, 4.69) is 81.3 Å². The van der Waals surface area contributed by atoms with Gasteiger partial charge in [-0.05, 0) is 72.0 Å². The van der Waals surface area contributed by atoms with Crippen LogP contribution in [0.5, 0.6) is 0 Å². The SMILES string of the molecule is Cc1cccc(C)c1-c1cc(C)c2c(c1)c1ccc[c-]c1n1ncc(C)c21.[Ir]. The first-order valence-corrected chi connectivity index (χ1v) is 9.34. The summed E-state index contributed by atoms with van der Waals surface area (Å²) in [7, 11) is 0. The molecule has 0 spiro atoms. The smallest absolute Gasteiger partial charge is 0.0743 e. The molecule has 2 aromatic heterocycles. The Bertz CT molecular complexity index is 1340. The van der Waals surface area contributed by atoms with Gasteiger partial charge in [0.15, 0.2) is 0 Å². The number of para-hydroxylation sites is 1. The van der Waals surface area contributed by atoms with Gasteiger partial charge in [0, 0.05) is 20.1 Å². The molecular weight excluding hydrogens is 521 g/mol. The van der Waals surface area contributed by atoms with Crippen LogP contribution in [0.15, 0.2) is 54.7 Å². The molecule has 141 valence electrons. The molecule has 0 aliphatic rings. The topological polar surface area (TPSA) is 17.3 Å². The number of rotatable bonds is 1. The van der Waals surface area contributed by atoms with Crippen molar-refractivity contribution in [1.82, 2.24) is 9.61 Å². The van der Waals surface area contributed by atoms with Crippen molar-refractivity contribution in [2.45, 2.75) is 27.7 Å². The van der Waals surface area contributed by atoms with E-state index >= 15 is 0 Å². The molecule has 0 fully saturated rings. The van der Waals surface area contributed by atoms with Gasteiger partial charge in [0.2, 0.25) is 0 Å². The van der Waals surface area contributed by atoms with Crippen molar-refractivity contribution in [2.24, 2.45) is 0 Å². The molecule has 0 saturated carbocycles. The Labute approximate surface area is 178 Å². The summed E-state index contributed by atoms with van der Waals surface area (Å²) in [5.74, 6) is 0. The molecule has 0 aliphatic heterocycles. The van der Waals surface area contributed by atoms with Crippen molar-refractivity contribution in [2.75, 3.05) is 0 Å². The third-order valence-electron chi connectivity index (χ3n) is 5.63. The fourth-order valence-corrected chi connectivity index (χ4v) is 4.45. The van der Waals surface area contributed by atoms with Gasteiger partial charge < -0.3 is 0 Å². The molecule has 2 heterocycles. The minimum Gasteiger partial charge on any atom is -0.257 e. The maximum absolute atomic E-state index is 4.63. The van der Waals surface area contributed by atoms with E-state index in [0.29, 0.717) is 0 Å². The summed E-state index contributed by atoms with van der Waals surface area (Å²) < 4.78 is 2.04. The third kappa shape index (κ3) is 2.62. The molecule has 5 rings (SSSR count). The van der Waals surface area contributed by atoms with Crippen LogP contribution in [0.4, 0.5) is 0 Å². The monoisotopic (exact) mass is 542 g/mol. The Morgan fingerprint density at radius 3 is 2.32 bits per heavy atom. The van der Waals surface area contributed by atoms with Gasteiger partial charge >= 0.3 is 0 Å². The Balaban J connectivity index is 0.00000192. The maximum Gasteiger partial charge on any atom is 0.0743 e. The van der Waals surface area contributed by atoms with E-state index in [1.54, 1.807) is 0 Å². The largest absolute Gasteiger partial charge is 0.257 e. The molecule has 28 heavy (non-hydrogen) atoms. The number of aromatic nitrogens is 2. The van der Waals surface area contributed by atoms with Crippen molar-refractivity contribution < 1.29 is 20.1 Å². The number of hydrogen-bond donors (Lipinski definition) is 0. The van der Waals surface area contributed by atoms with E-state index < -0.39 is 0 Å². The number of nitrogens with zero attached hydrogens (tertiary/aromatic N) is 2. The van der Waals surface area contributed by atoms with Gasteiger partial charge in [-0.1, -0.05) is 35.7 Å². The number of hydrogen-bond acceptors (Lipinski definition) is 1. The van der Waals surface area contributed by atoms with E-state index in [-0.39, 0.29) is 20.1 Å². The third-order valence-corrected chi connectivity index (χ3v) is 5.63. The molecule has 0 unspecified atom stereocenters. The zero-order valence-electron chi connectivity index (χ0n) is 16.4. The average molecular weight is 542 g/mol. The van der Waals surface area contributed by atoms with Crippen LogP contribution in [0.25, 0.3) is 38.3 Å². The van der Waals surface area contributed by atoms with E-state index in [1.165, 1.54) is 55.1 Å². The summed E-state index contributed by atoms with van der Waals surface area (Å²) in [5.41, 5.74) is 9.93. The van der Waals surface area contributed by atoms with Crippen LogP contribution in [-0.2, 0) is 20.1 Å². The van der Waals surface area contributed by atoms with Crippen LogP contribution in [0.2, 0.25) is 0 Å². The quantitative estimate of drug-likeness (QED) is 0.179. The van der Waals surface area contributed by atoms with Crippen molar-refractivity contribution in [1.29, 1.82) is 0 Å². The summed E-state index contributed by atoms with van der Waals surface area (Å²) in [5, 5.41) is 8.38. The van der Waals surface area contributed by atoms with Crippen LogP contribution >= 0.6 is 0 Å². The summed E-state index contributed by atoms with van der Waals surface area (Å²) in [6, 6.07) is 20.8. The molecule has 0 amide bonds. The molecule has 0 atom stereocenters. The van der Waals surface area contributed by atoms with E-state index in [4.69, 9.17) is 0 Å². The average Bonchev–Trinajstić information content (AvgIpc) is 3.03. The second kappa shape index (κ2) is 6.84. The van der Waals surface area contributed by atoms with Crippen molar-refractivity contribution in [3.05, 3.63) is 83.0 Å². The van der Waals surface area contributed by atoms with Crippen molar-refractivity contribution in [3.8, 4) is 11.1 Å². The first-order valence-electron chi connectivity index (χ1n) is 9.34. The standard InChI is InChI=1S/C25H21N2.Ir/c1-15-8-7-9-16(2)23(15)19-12-17(3)24-21(13-19)20-10-5-6-11-22(20)27-25(24)18(4)14-26-27;/h5-10,12-14H,1-4H3;/q-1;. The fourth-order valence-electron chi connectivity index (χ4n) is 4.45. The fraction of sp³-hybridized carbons (Fsp3) is 0.160. The molecule has 0 saturated heterocycles. The molecule has 3 heteroatoms. The van der Waals surface area contributed by atoms with Crippen LogP contribution < -0.4 is 0 Å². The van der Waals surface area contributed by atoms with E-state index in [1.807, 2.05) is 16.8 Å². The second-order valence-electron chi connectivity index (χ2n) is 7.50. The summed E-state index contributed by atoms with van der Waals surface area (Å²) in [6.07, 6.45) is 1.95. The van der Waals surface area contributed by atoms with Crippen LogP contribution in [-0.4, -0.2) is 9.61 Å². The molecule has 0 N–H and O–H groups in total. The number of fused-ring (bicyclic) bond motifs is 6. The summed E-state index contributed by atoms with van der Waals surface area (Å²) >= 11 is 0. The Morgan fingerprint density at radius 1 is 0.821 bits per heavy atom. The minimum absolute atomic E-state index is 0. The maximum atomic E-state index is 4.63. The Kier molecular flexibility index (Phi) is 4.61. The predicted molar refractivity (Wildman–Crippen MR) is 113 cm³/mol. The molecule has 3 aromatic carbocycles. The first kappa shape index (κ1) is 18.9. The van der Waals surface area contributed by atoms with Gasteiger partial charge in [-0.3, -0.25) is 4.52 Å². The molecule has 2 nitrogen and oxygen atoms in total. The van der Waals surface area contributed by atoms with E-state index in [9.17, 15) is 0 Å². The predicted octanol–water partition coefficient (Wildman–Crippen LogP) is 6.34. The molecule has 0 bridgehead atoms. The second-order valence-corrected chi connectivity index (χ2v) is 7.50. The van der Waals surface area contributed by atoms with Crippen molar-refractivity contribution in [3.63, 3.8) is 0 Å². The number of benzene rings is 3. The number of pyridine rings is 1. The zero-order chi connectivity index (χ0) is 18.7. The van der Waals surface area contributed by atoms with Gasteiger partial charge in [0.1, 0.15) is 0 Å². The van der Waals surface area contributed by atoms with Crippen LogP contribution in [0.1, 0.15) is 22.3 Å². The van der Waals surface area contributed by atoms with Crippen molar-refractivity contribution >= 4 is 27.2 Å². The van der Waals surface area contributed by atoms with Gasteiger partial charge in [-0.25, -0.2) is 0 Å². The van der Waals surface area contributed by atoms with Gasteiger partial charge in [-0.2, -0.15) is 29.4 Å². The van der Waals surface area contributed by atoms with Gasteiger partial charge in [-0.15, -0.1) is 5.39 Å². The van der Waals surface area contributed by atoms with Gasteiger partial charge in [0.25, 0.3) is 0 Å². The minimum atomic E-state index is 0. The van der Waals surface area contributed by atoms with Gasteiger partial charge in [0.05, 0.1) is 11.7 Å². The van der Waals surface area contributed by atoms with Crippen LogP contribution in [0, 0.1) is 33.8 Å². The first-order chi connectivity index (χ1) is 13.1. The summed E-state index contributed by atoms with van der Waals surface area (Å²) in [4.78, 5) is 0.